The van der Waals surface area contributed by atoms with Crippen LogP contribution >= 0.6 is 11.3 Å². The van der Waals surface area contributed by atoms with Gasteiger partial charge in [-0.3, -0.25) is 19.1 Å². The van der Waals surface area contributed by atoms with Gasteiger partial charge in [-0.05, 0) is 66.9 Å². The first-order chi connectivity index (χ1) is 16.0. The number of carbonyl (C=O) groups excluding carboxylic acids is 1. The highest BCUT2D eigenvalue weighted by atomic mass is 32.1. The number of hydrogen-bond donors (Lipinski definition) is 1. The lowest BCUT2D eigenvalue weighted by molar-refractivity contribution is -0.111. The number of amides is 1. The van der Waals surface area contributed by atoms with Gasteiger partial charge in [0.1, 0.15) is 10.7 Å². The van der Waals surface area contributed by atoms with E-state index in [1.165, 1.54) is 4.57 Å². The van der Waals surface area contributed by atoms with E-state index in [1.807, 2.05) is 44.2 Å². The minimum atomic E-state index is -0.570. The molecule has 33 heavy (non-hydrogen) atoms. The molecule has 0 radical (unpaired) electrons. The Hall–Kier alpha value is -4.28. The minimum absolute atomic E-state index is 0.134. The molecule has 2 aromatic heterocycles. The maximum absolute atomic E-state index is 13.3. The van der Waals surface area contributed by atoms with Crippen LogP contribution in [0.3, 0.4) is 0 Å². The minimum Gasteiger partial charge on any atom is -0.321 e. The van der Waals surface area contributed by atoms with E-state index < -0.39 is 5.91 Å². The van der Waals surface area contributed by atoms with Gasteiger partial charge in [0.25, 0.3) is 11.5 Å². The molecule has 0 aliphatic rings. The van der Waals surface area contributed by atoms with Crippen LogP contribution < -0.4 is 20.1 Å². The third-order valence-corrected chi connectivity index (χ3v) is 6.23. The van der Waals surface area contributed by atoms with Crippen LogP contribution in [-0.4, -0.2) is 15.5 Å². The number of benzene rings is 2. The van der Waals surface area contributed by atoms with Crippen LogP contribution in [-0.2, 0) is 4.79 Å². The van der Waals surface area contributed by atoms with E-state index in [9.17, 15) is 14.9 Å². The van der Waals surface area contributed by atoms with E-state index >= 15 is 0 Å². The number of nitrogens with zero attached hydrogens (tertiary/aromatic N) is 3. The molecular formula is C26H20N4O2S. The van der Waals surface area contributed by atoms with Crippen molar-refractivity contribution in [2.75, 3.05) is 5.32 Å². The van der Waals surface area contributed by atoms with Crippen molar-refractivity contribution in [3.8, 4) is 11.8 Å². The van der Waals surface area contributed by atoms with Gasteiger partial charge in [0, 0.05) is 18.1 Å². The molecule has 0 saturated carbocycles. The zero-order chi connectivity index (χ0) is 23.4. The molecule has 1 N–H and O–H groups in total. The van der Waals surface area contributed by atoms with E-state index in [0.29, 0.717) is 15.9 Å². The fourth-order valence-corrected chi connectivity index (χ4v) is 4.38. The van der Waals surface area contributed by atoms with Gasteiger partial charge in [0.15, 0.2) is 5.57 Å². The summed E-state index contributed by atoms with van der Waals surface area (Å²) >= 11 is 1.10. The van der Waals surface area contributed by atoms with Crippen molar-refractivity contribution in [1.82, 2.24) is 9.55 Å². The maximum Gasteiger partial charge on any atom is 0.273 e. The molecule has 1 amide bonds. The summed E-state index contributed by atoms with van der Waals surface area (Å²) in [6.07, 6.45) is 5.00. The van der Waals surface area contributed by atoms with E-state index in [2.05, 4.69) is 10.3 Å². The molecule has 0 aliphatic heterocycles. The first-order valence-electron chi connectivity index (χ1n) is 10.2. The monoisotopic (exact) mass is 452 g/mol. The first kappa shape index (κ1) is 21.9. The third kappa shape index (κ3) is 4.66. The molecule has 0 bridgehead atoms. The van der Waals surface area contributed by atoms with Crippen molar-refractivity contribution in [2.24, 2.45) is 0 Å². The zero-order valence-corrected chi connectivity index (χ0v) is 18.9. The summed E-state index contributed by atoms with van der Waals surface area (Å²) < 4.78 is 2.07. The van der Waals surface area contributed by atoms with Crippen LogP contribution in [0.5, 0.6) is 0 Å². The summed E-state index contributed by atoms with van der Waals surface area (Å²) in [5, 5.41) is 12.7. The lowest BCUT2D eigenvalue weighted by Gasteiger charge is -2.07. The highest BCUT2D eigenvalue weighted by Gasteiger charge is 2.17. The Morgan fingerprint density at radius 3 is 2.55 bits per heavy atom. The Bertz CT molecular complexity index is 1550. The van der Waals surface area contributed by atoms with Crippen molar-refractivity contribution in [3.05, 3.63) is 109 Å². The molecule has 0 saturated heterocycles. The number of hydrogen-bond acceptors (Lipinski definition) is 5. The molecule has 2 heterocycles. The number of aryl methyl sites for hydroxylation is 2. The maximum atomic E-state index is 13.3. The average molecular weight is 453 g/mol. The molecule has 162 valence electrons. The Balaban J connectivity index is 1.93. The highest BCUT2D eigenvalue weighted by molar-refractivity contribution is 7.07. The first-order valence-corrected chi connectivity index (χ1v) is 11.0. The third-order valence-electron chi connectivity index (χ3n) is 5.14. The summed E-state index contributed by atoms with van der Waals surface area (Å²) in [7, 11) is 0. The average Bonchev–Trinajstić information content (AvgIpc) is 3.13. The van der Waals surface area contributed by atoms with E-state index in [1.54, 1.807) is 54.9 Å². The number of anilines is 1. The van der Waals surface area contributed by atoms with E-state index in [-0.39, 0.29) is 15.8 Å². The predicted molar refractivity (Wildman–Crippen MR) is 131 cm³/mol. The molecule has 0 unspecified atom stereocenters. The molecule has 0 aliphatic carbocycles. The Labute approximate surface area is 194 Å². The van der Waals surface area contributed by atoms with Crippen molar-refractivity contribution in [2.45, 2.75) is 13.8 Å². The molecule has 0 fully saturated rings. The zero-order valence-electron chi connectivity index (χ0n) is 18.1. The Morgan fingerprint density at radius 2 is 1.88 bits per heavy atom. The van der Waals surface area contributed by atoms with Gasteiger partial charge in [0.2, 0.25) is 0 Å². The number of thiazole rings is 1. The smallest absolute Gasteiger partial charge is 0.273 e. The number of rotatable bonds is 4. The van der Waals surface area contributed by atoms with Crippen molar-refractivity contribution in [1.29, 1.82) is 5.26 Å². The Morgan fingerprint density at radius 1 is 1.09 bits per heavy atom. The summed E-state index contributed by atoms with van der Waals surface area (Å²) in [5.74, 6) is -0.570. The van der Waals surface area contributed by atoms with E-state index in [4.69, 9.17) is 0 Å². The lowest BCUT2D eigenvalue weighted by atomic mass is 10.1. The predicted octanol–water partition coefficient (Wildman–Crippen LogP) is 3.05. The summed E-state index contributed by atoms with van der Waals surface area (Å²) in [6.45, 7) is 3.94. The number of nitrogens with one attached hydrogen (secondary N) is 1. The summed E-state index contributed by atoms with van der Waals surface area (Å²) in [6, 6.07) is 20.1. The van der Waals surface area contributed by atoms with Gasteiger partial charge in [0.05, 0.1) is 10.2 Å². The molecular weight excluding hydrogens is 432 g/mol. The van der Waals surface area contributed by atoms with Gasteiger partial charge < -0.3 is 5.32 Å². The standard InChI is InChI=1S/C26H20N4O2S/c1-17-10-11-20(13-18(17)2)29-24(31)22(15-27)26-30(21-8-4-3-5-9-21)25(32)23(33-26)14-19-7-6-12-28-16-19/h3-14,16H,1-2H3,(H,29,31). The SMILES string of the molecule is Cc1ccc(NC(=O)C(C#N)=c2sc(=Cc3cccnc3)c(=O)n2-c2ccccc2)cc1C. The van der Waals surface area contributed by atoms with Gasteiger partial charge >= 0.3 is 0 Å². The molecule has 4 rings (SSSR count). The van der Waals surface area contributed by atoms with Crippen molar-refractivity contribution >= 4 is 34.6 Å². The quantitative estimate of drug-likeness (QED) is 0.516. The van der Waals surface area contributed by atoms with E-state index in [0.717, 1.165) is 28.0 Å². The van der Waals surface area contributed by atoms with Crippen molar-refractivity contribution in [3.63, 3.8) is 0 Å². The van der Waals surface area contributed by atoms with Crippen LogP contribution in [0.4, 0.5) is 5.69 Å². The number of pyridine rings is 1. The number of carbonyl (C=O) groups is 1. The van der Waals surface area contributed by atoms with Gasteiger partial charge in [-0.25, -0.2) is 0 Å². The number of nitriles is 1. The summed E-state index contributed by atoms with van der Waals surface area (Å²) in [4.78, 5) is 30.5. The van der Waals surface area contributed by atoms with Crippen LogP contribution in [0.1, 0.15) is 16.7 Å². The molecule has 0 atom stereocenters. The second kappa shape index (κ2) is 9.47. The molecule has 6 nitrogen and oxygen atoms in total. The van der Waals surface area contributed by atoms with Crippen LogP contribution in [0.25, 0.3) is 17.3 Å². The van der Waals surface area contributed by atoms with Gasteiger partial charge in [-0.15, -0.1) is 11.3 Å². The molecule has 7 heteroatoms. The molecule has 4 aromatic rings. The fraction of sp³-hybridized carbons (Fsp3) is 0.0769. The molecule has 0 spiro atoms. The second-order valence-corrected chi connectivity index (χ2v) is 8.45. The number of para-hydroxylation sites is 1. The van der Waals surface area contributed by atoms with Crippen LogP contribution in [0, 0.1) is 25.2 Å². The van der Waals surface area contributed by atoms with Gasteiger partial charge in [-0.2, -0.15) is 5.26 Å². The second-order valence-electron chi connectivity index (χ2n) is 7.42. The van der Waals surface area contributed by atoms with Crippen LogP contribution in [0.15, 0.2) is 77.9 Å². The topological polar surface area (TPSA) is 87.8 Å². The summed E-state index contributed by atoms with van der Waals surface area (Å²) in [5.41, 5.74) is 3.60. The molecule has 2 aromatic carbocycles. The van der Waals surface area contributed by atoms with Crippen LogP contribution in [0.2, 0.25) is 0 Å². The highest BCUT2D eigenvalue weighted by Crippen LogP contribution is 2.15. The fourth-order valence-electron chi connectivity index (χ4n) is 3.28. The number of aromatic nitrogens is 2. The largest absolute Gasteiger partial charge is 0.321 e. The van der Waals surface area contributed by atoms with Gasteiger partial charge in [-0.1, -0.05) is 30.3 Å². The normalized spacial score (nSPS) is 12.2. The Kier molecular flexibility index (Phi) is 6.29. The van der Waals surface area contributed by atoms with Crippen molar-refractivity contribution < 1.29 is 4.79 Å². The lowest BCUT2D eigenvalue weighted by Crippen LogP contribution is -2.32.